The van der Waals surface area contributed by atoms with Gasteiger partial charge in [0.15, 0.2) is 11.5 Å². The number of benzene rings is 1. The molecule has 1 aromatic carbocycles. The van der Waals surface area contributed by atoms with Crippen LogP contribution in [0.5, 0.6) is 11.5 Å². The molecule has 32 heavy (non-hydrogen) atoms. The van der Waals surface area contributed by atoms with E-state index in [0.29, 0.717) is 0 Å². The van der Waals surface area contributed by atoms with Crippen molar-refractivity contribution in [1.82, 2.24) is 24.9 Å². The smallest absolute Gasteiger partial charge is 0.387 e. The van der Waals surface area contributed by atoms with Crippen LogP contribution in [0.1, 0.15) is 33.3 Å². The van der Waals surface area contributed by atoms with Gasteiger partial charge in [0.05, 0.1) is 24.7 Å². The zero-order valence-corrected chi connectivity index (χ0v) is 17.6. The predicted octanol–water partition coefficient (Wildman–Crippen LogP) is 2.34. The summed E-state index contributed by atoms with van der Waals surface area (Å²) in [5.41, 5.74) is 1.26. The maximum atomic E-state index is 12.7. The number of aryl methyl sites for hydroxylation is 2. The van der Waals surface area contributed by atoms with Crippen molar-refractivity contribution in [3.63, 3.8) is 0 Å². The number of amides is 2. The molecule has 0 fully saturated rings. The van der Waals surface area contributed by atoms with Gasteiger partial charge in [-0.15, -0.1) is 0 Å². The van der Waals surface area contributed by atoms with Crippen molar-refractivity contribution in [2.45, 2.75) is 20.1 Å². The molecule has 2 aromatic heterocycles. The van der Waals surface area contributed by atoms with Crippen LogP contribution >= 0.6 is 0 Å². The lowest BCUT2D eigenvalue weighted by molar-refractivity contribution is -0.0514. The Bertz CT molecular complexity index is 1110. The number of nitrogens with one attached hydrogen (secondary N) is 2. The Morgan fingerprint density at radius 3 is 2.56 bits per heavy atom. The van der Waals surface area contributed by atoms with Crippen LogP contribution in [-0.4, -0.2) is 44.6 Å². The molecule has 12 heteroatoms. The van der Waals surface area contributed by atoms with Crippen molar-refractivity contribution in [3.05, 3.63) is 53.6 Å². The quantitative estimate of drug-likeness (QED) is 0.520. The molecular weight excluding hydrogens is 426 g/mol. The summed E-state index contributed by atoms with van der Waals surface area (Å²) in [7, 11) is 3.33. The molecule has 0 unspecified atom stereocenters. The number of anilines is 1. The molecule has 10 nitrogen and oxygen atoms in total. The molecular formula is C20H22F2N6O4. The molecule has 2 heterocycles. The summed E-state index contributed by atoms with van der Waals surface area (Å²) in [6.07, 6.45) is 4.74. The highest BCUT2D eigenvalue weighted by molar-refractivity contribution is 6.08. The van der Waals surface area contributed by atoms with Crippen LogP contribution in [0.4, 0.5) is 14.5 Å². The highest BCUT2D eigenvalue weighted by Gasteiger charge is 2.20. The van der Waals surface area contributed by atoms with Crippen LogP contribution < -0.4 is 20.1 Å². The van der Waals surface area contributed by atoms with Gasteiger partial charge in [-0.2, -0.15) is 19.0 Å². The third kappa shape index (κ3) is 5.39. The first-order valence-electron chi connectivity index (χ1n) is 9.59. The van der Waals surface area contributed by atoms with Crippen molar-refractivity contribution in [3.8, 4) is 11.5 Å². The lowest BCUT2D eigenvalue weighted by atomic mass is 10.2. The average molecular weight is 448 g/mol. The lowest BCUT2D eigenvalue weighted by Gasteiger charge is -2.13. The number of carbonyl (C=O) groups excluding carboxylic acids is 2. The summed E-state index contributed by atoms with van der Waals surface area (Å²) in [5, 5.41) is 13.4. The molecule has 170 valence electrons. The van der Waals surface area contributed by atoms with Crippen LogP contribution in [0.15, 0.2) is 36.8 Å². The average Bonchev–Trinajstić information content (AvgIpc) is 3.32. The van der Waals surface area contributed by atoms with E-state index in [1.807, 2.05) is 0 Å². The molecule has 0 aliphatic carbocycles. The fourth-order valence-corrected chi connectivity index (χ4v) is 2.93. The number of halogens is 2. The molecule has 0 aliphatic heterocycles. The number of ether oxygens (including phenoxy) is 2. The van der Waals surface area contributed by atoms with E-state index < -0.39 is 18.4 Å². The Kier molecular flexibility index (Phi) is 7.03. The van der Waals surface area contributed by atoms with Gasteiger partial charge in [-0.3, -0.25) is 19.0 Å². The molecule has 3 rings (SSSR count). The van der Waals surface area contributed by atoms with Gasteiger partial charge in [0.1, 0.15) is 5.69 Å². The van der Waals surface area contributed by atoms with Gasteiger partial charge >= 0.3 is 6.61 Å². The standard InChI is InChI=1S/C20H22F2N6O4/c1-4-31-16-7-13(5-6-15(16)32-20(21)22)18(29)26-14-10-25-28(3)17(14)19(30)23-8-12-9-24-27(2)11-12/h5-7,9-11,20H,4,8H2,1-3H3,(H,23,30)(H,26,29). The van der Waals surface area contributed by atoms with Crippen LogP contribution in [0.25, 0.3) is 0 Å². The lowest BCUT2D eigenvalue weighted by Crippen LogP contribution is -2.26. The zero-order chi connectivity index (χ0) is 23.3. The third-order valence-corrected chi connectivity index (χ3v) is 4.34. The Balaban J connectivity index is 1.75. The molecule has 0 bridgehead atoms. The van der Waals surface area contributed by atoms with Crippen molar-refractivity contribution in [2.75, 3.05) is 11.9 Å². The SMILES string of the molecule is CCOc1cc(C(=O)Nc2cnn(C)c2C(=O)NCc2cnn(C)c2)ccc1OC(F)F. The van der Waals surface area contributed by atoms with Crippen molar-refractivity contribution < 1.29 is 27.8 Å². The molecule has 3 aromatic rings. The van der Waals surface area contributed by atoms with Crippen LogP contribution in [0.2, 0.25) is 0 Å². The van der Waals surface area contributed by atoms with Gasteiger partial charge in [-0.05, 0) is 25.1 Å². The number of nitrogens with zero attached hydrogens (tertiary/aromatic N) is 4. The fourth-order valence-electron chi connectivity index (χ4n) is 2.93. The monoisotopic (exact) mass is 448 g/mol. The second kappa shape index (κ2) is 9.90. The summed E-state index contributed by atoms with van der Waals surface area (Å²) >= 11 is 0. The largest absolute Gasteiger partial charge is 0.490 e. The van der Waals surface area contributed by atoms with Crippen LogP contribution in [0, 0.1) is 0 Å². The molecule has 2 N–H and O–H groups in total. The van der Waals surface area contributed by atoms with Crippen molar-refractivity contribution >= 4 is 17.5 Å². The highest BCUT2D eigenvalue weighted by atomic mass is 19.3. The van der Waals surface area contributed by atoms with E-state index in [0.717, 1.165) is 5.56 Å². The minimum atomic E-state index is -3.03. The maximum Gasteiger partial charge on any atom is 0.387 e. The van der Waals surface area contributed by atoms with Gasteiger partial charge in [0, 0.05) is 38.0 Å². The molecule has 0 atom stereocenters. The van der Waals surface area contributed by atoms with E-state index >= 15 is 0 Å². The highest BCUT2D eigenvalue weighted by Crippen LogP contribution is 2.30. The Labute approximate surface area is 182 Å². The zero-order valence-electron chi connectivity index (χ0n) is 17.6. The van der Waals surface area contributed by atoms with Crippen LogP contribution in [-0.2, 0) is 20.6 Å². The minimum absolute atomic E-state index is 0.000994. The second-order valence-electron chi connectivity index (χ2n) is 6.66. The van der Waals surface area contributed by atoms with E-state index in [1.165, 1.54) is 29.1 Å². The first-order valence-corrected chi connectivity index (χ1v) is 9.59. The number of aromatic nitrogens is 4. The fraction of sp³-hybridized carbons (Fsp3) is 0.300. The Morgan fingerprint density at radius 1 is 1.12 bits per heavy atom. The first kappa shape index (κ1) is 22.7. The number of hydrogen-bond acceptors (Lipinski definition) is 6. The third-order valence-electron chi connectivity index (χ3n) is 4.34. The Hall–Kier alpha value is -3.96. The van der Waals surface area contributed by atoms with Gasteiger partial charge in [0.2, 0.25) is 0 Å². The summed E-state index contributed by atoms with van der Waals surface area (Å²) in [6.45, 7) is -0.925. The van der Waals surface area contributed by atoms with E-state index in [9.17, 15) is 18.4 Å². The van der Waals surface area contributed by atoms with Gasteiger partial charge in [0.25, 0.3) is 11.8 Å². The number of rotatable bonds is 9. The molecule has 2 amide bonds. The first-order chi connectivity index (χ1) is 15.3. The van der Waals surface area contributed by atoms with E-state index in [-0.39, 0.29) is 41.6 Å². The second-order valence-corrected chi connectivity index (χ2v) is 6.66. The summed E-state index contributed by atoms with van der Waals surface area (Å²) in [6, 6.07) is 3.82. The normalized spacial score (nSPS) is 10.8. The molecule has 0 saturated heterocycles. The summed E-state index contributed by atoms with van der Waals surface area (Å²) < 4.78 is 37.8. The van der Waals surface area contributed by atoms with E-state index in [2.05, 4.69) is 25.6 Å². The van der Waals surface area contributed by atoms with Crippen molar-refractivity contribution in [2.24, 2.45) is 14.1 Å². The molecule has 0 spiro atoms. The molecule has 0 aliphatic rings. The van der Waals surface area contributed by atoms with Gasteiger partial charge in [-0.25, -0.2) is 0 Å². The predicted molar refractivity (Wildman–Crippen MR) is 110 cm³/mol. The summed E-state index contributed by atoms with van der Waals surface area (Å²) in [4.78, 5) is 25.4. The molecule has 0 radical (unpaired) electrons. The number of alkyl halides is 2. The van der Waals surface area contributed by atoms with Gasteiger partial charge < -0.3 is 20.1 Å². The number of hydrogen-bond donors (Lipinski definition) is 2. The van der Waals surface area contributed by atoms with Crippen LogP contribution in [0.3, 0.4) is 0 Å². The van der Waals surface area contributed by atoms with E-state index in [4.69, 9.17) is 4.74 Å². The van der Waals surface area contributed by atoms with Gasteiger partial charge in [-0.1, -0.05) is 0 Å². The maximum absolute atomic E-state index is 12.7. The topological polar surface area (TPSA) is 112 Å². The van der Waals surface area contributed by atoms with E-state index in [1.54, 1.807) is 38.1 Å². The molecule has 0 saturated carbocycles. The number of carbonyl (C=O) groups is 2. The Morgan fingerprint density at radius 2 is 1.91 bits per heavy atom. The van der Waals surface area contributed by atoms with Crippen molar-refractivity contribution in [1.29, 1.82) is 0 Å². The summed E-state index contributed by atoms with van der Waals surface area (Å²) in [5.74, 6) is -1.21. The minimum Gasteiger partial charge on any atom is -0.490 e.